The number of rotatable bonds is 6. The van der Waals surface area contributed by atoms with Crippen molar-refractivity contribution >= 4 is 164 Å². The van der Waals surface area contributed by atoms with Crippen LogP contribution in [0.1, 0.15) is 0 Å². The summed E-state index contributed by atoms with van der Waals surface area (Å²) in [6.45, 7) is 0. The molecule has 30 heteroatoms. The summed E-state index contributed by atoms with van der Waals surface area (Å²) in [7, 11) is 27.0. The van der Waals surface area contributed by atoms with E-state index in [1.165, 1.54) is 36.4 Å². The summed E-state index contributed by atoms with van der Waals surface area (Å²) in [6.07, 6.45) is 0. The van der Waals surface area contributed by atoms with Gasteiger partial charge in [0, 0.05) is 0 Å². The van der Waals surface area contributed by atoms with Crippen molar-refractivity contribution in [3.8, 4) is 17.2 Å². The molecule has 0 radical (unpaired) electrons. The third-order valence-electron chi connectivity index (χ3n) is 2.87. The van der Waals surface area contributed by atoms with Crippen LogP contribution < -0.4 is 39.5 Å². The Morgan fingerprint density at radius 1 is 0.333 bits per heavy atom. The van der Waals surface area contributed by atoms with Gasteiger partial charge < -0.3 is 0 Å². The van der Waals surface area contributed by atoms with E-state index in [4.69, 9.17) is 55.8 Å². The van der Waals surface area contributed by atoms with Crippen molar-refractivity contribution in [1.29, 1.82) is 0 Å². The SMILES string of the molecule is [O]=[Sb]([O-])([Cl])[O]c1ccccc1.[O]=[Sb]([O-])([Cl])[O]c1ccccc1.[O]=[Sb]([O-])([Cl])[O]c1ccccc1.[O]=[Sb]([O-])([O-])[Cl].[O]=[Sb]([O-])([O-])[Cl].[O]=[Sb]([O-])([O-])[Cl]. The van der Waals surface area contributed by atoms with Gasteiger partial charge in [-0.3, -0.25) is 0 Å². The van der Waals surface area contributed by atoms with Crippen molar-refractivity contribution in [2.75, 3.05) is 0 Å². The van der Waals surface area contributed by atoms with Crippen molar-refractivity contribution in [2.24, 2.45) is 0 Å². The van der Waals surface area contributed by atoms with E-state index in [2.05, 4.69) is 35.5 Å². The average Bonchev–Trinajstić information content (AvgIpc) is 2.81. The minimum absolute atomic E-state index is 0.263. The first-order chi connectivity index (χ1) is 21.2. The fraction of sp³-hybridized carbons (Fsp3) is 0. The number of para-hydroxylation sites is 3. The van der Waals surface area contributed by atoms with Gasteiger partial charge in [-0.25, -0.2) is 0 Å². The zero-order valence-electron chi connectivity index (χ0n) is 22.5. The van der Waals surface area contributed by atoms with Crippen molar-refractivity contribution < 1.29 is 57.6 Å². The van der Waals surface area contributed by atoms with Crippen molar-refractivity contribution in [2.45, 2.75) is 0 Å². The second-order valence-corrected chi connectivity index (χ2v) is 39.8. The van der Waals surface area contributed by atoms with Crippen LogP contribution in [0.25, 0.3) is 0 Å². The fourth-order valence-corrected chi connectivity index (χ4v) is 6.62. The van der Waals surface area contributed by atoms with E-state index in [1.807, 2.05) is 0 Å². The summed E-state index contributed by atoms with van der Waals surface area (Å²) >= 11 is -31.1. The molecule has 0 saturated carbocycles. The quantitative estimate of drug-likeness (QED) is 0.209. The molecule has 0 spiro atoms. The molecule has 3 rings (SSSR count). The molecule has 0 heterocycles. The molecule has 3 aromatic carbocycles. The summed E-state index contributed by atoms with van der Waals surface area (Å²) < 4.78 is 157. The number of benzene rings is 3. The van der Waals surface area contributed by atoms with Crippen molar-refractivity contribution in [3.05, 3.63) is 91.0 Å². The van der Waals surface area contributed by atoms with Crippen LogP contribution in [-0.4, -0.2) is 111 Å². The van der Waals surface area contributed by atoms with E-state index < -0.39 is 111 Å². The molecule has 48 heavy (non-hydrogen) atoms. The molecular formula is C18H15Cl6O18Sb6-9. The van der Waals surface area contributed by atoms with Crippen LogP contribution in [0.15, 0.2) is 91.0 Å². The molecule has 3 unspecified atom stereocenters. The Morgan fingerprint density at radius 2 is 0.458 bits per heavy atom. The predicted octanol–water partition coefficient (Wildman–Crippen LogP) is -4.97. The van der Waals surface area contributed by atoms with Crippen LogP contribution in [0.4, 0.5) is 0 Å². The van der Waals surface area contributed by atoms with Gasteiger partial charge >= 0.3 is 330 Å². The molecule has 0 saturated heterocycles. The Hall–Kier alpha value is 2.15. The minimum atomic E-state index is -5.38. The van der Waals surface area contributed by atoms with Gasteiger partial charge in [-0.15, -0.1) is 0 Å². The number of hydrogen-bond acceptors (Lipinski definition) is 18. The van der Waals surface area contributed by atoms with Crippen LogP contribution in [0, 0.1) is 0 Å². The molecule has 18 nitrogen and oxygen atoms in total. The predicted molar refractivity (Wildman–Crippen MR) is 155 cm³/mol. The second-order valence-electron chi connectivity index (χ2n) is 6.80. The first kappa shape index (κ1) is 54.5. The van der Waals surface area contributed by atoms with E-state index in [1.54, 1.807) is 54.6 Å². The molecule has 0 N–H and O–H groups in total. The van der Waals surface area contributed by atoms with Crippen LogP contribution in [0.3, 0.4) is 0 Å². The second kappa shape index (κ2) is 26.8. The molecule has 0 aromatic heterocycles. The first-order valence-electron chi connectivity index (χ1n) is 10.6. The Kier molecular flexibility index (Phi) is 30.5. The zero-order chi connectivity index (χ0) is 38.5. The molecule has 276 valence electrons. The van der Waals surface area contributed by atoms with Gasteiger partial charge in [-0.1, -0.05) is 0 Å². The Labute approximate surface area is 324 Å². The normalized spacial score (nSPS) is 14.3. The topological polar surface area (TPSA) is 338 Å². The first-order valence-corrected chi connectivity index (χ1v) is 48.8. The van der Waals surface area contributed by atoms with Gasteiger partial charge in [-0.05, 0) is 0 Å². The zero-order valence-corrected chi connectivity index (χ0v) is 42.3. The van der Waals surface area contributed by atoms with E-state index in [0.717, 1.165) is 0 Å². The van der Waals surface area contributed by atoms with E-state index >= 15 is 0 Å². The standard InChI is InChI=1S/3C6H6O.6ClH.15O.6Sb/c3*7-6-4-2-1-3-5-6;;;;;;;;;;;;;;;;;;;;;;;;;;;/h3*1-5,7H;6*1H;;;;;;;;;;;;;;;;;;;;;/q;;;;;;;;;;;;;;;9*-1;3*+1;3*+2/p-9. The molecule has 0 fully saturated rings. The van der Waals surface area contributed by atoms with Gasteiger partial charge in [0.2, 0.25) is 0 Å². The van der Waals surface area contributed by atoms with E-state index in [0.29, 0.717) is 0 Å². The van der Waals surface area contributed by atoms with Gasteiger partial charge in [0.15, 0.2) is 0 Å². The molecule has 3 atom stereocenters. The molecule has 0 aliphatic rings. The Bertz CT molecular complexity index is 1360. The van der Waals surface area contributed by atoms with E-state index in [9.17, 15) is 19.2 Å². The molecule has 0 aliphatic heterocycles. The van der Waals surface area contributed by atoms with Crippen LogP contribution in [0.2, 0.25) is 0 Å². The van der Waals surface area contributed by atoms with Gasteiger partial charge in [-0.2, -0.15) is 0 Å². The summed E-state index contributed by atoms with van der Waals surface area (Å²) in [6, 6.07) is 24.5. The van der Waals surface area contributed by atoms with E-state index in [-0.39, 0.29) is 17.2 Å². The summed E-state index contributed by atoms with van der Waals surface area (Å²) in [4.78, 5) is 0. The Morgan fingerprint density at radius 3 is 0.562 bits per heavy atom. The van der Waals surface area contributed by atoms with Crippen LogP contribution >= 0.6 is 53.0 Å². The molecule has 0 bridgehead atoms. The monoisotopic (exact) mass is 1450 g/mol. The summed E-state index contributed by atoms with van der Waals surface area (Å²) in [5.41, 5.74) is 0. The molecule has 0 aliphatic carbocycles. The van der Waals surface area contributed by atoms with Crippen LogP contribution in [0.5, 0.6) is 17.2 Å². The molecular weight excluding hydrogens is 1450 g/mol. The van der Waals surface area contributed by atoms with Gasteiger partial charge in [0.05, 0.1) is 0 Å². The maximum atomic E-state index is 10.5. The maximum absolute atomic E-state index is 10.5. The summed E-state index contributed by atoms with van der Waals surface area (Å²) in [5, 5.41) is 0. The van der Waals surface area contributed by atoms with Crippen molar-refractivity contribution in [1.82, 2.24) is 0 Å². The van der Waals surface area contributed by atoms with Gasteiger partial charge in [0.1, 0.15) is 0 Å². The average molecular weight is 1460 g/mol. The molecule has 3 aromatic rings. The third kappa shape index (κ3) is 63.2. The van der Waals surface area contributed by atoms with Gasteiger partial charge in [0.25, 0.3) is 0 Å². The van der Waals surface area contributed by atoms with Crippen LogP contribution in [-0.2, 0) is 18.1 Å². The summed E-state index contributed by atoms with van der Waals surface area (Å²) in [5.74, 6) is 0.788. The van der Waals surface area contributed by atoms with Crippen molar-refractivity contribution in [3.63, 3.8) is 0 Å². The molecule has 0 amide bonds. The third-order valence-corrected chi connectivity index (χ3v) is 7.93. The Balaban J connectivity index is -0.000000527. The number of halogens is 6. The number of hydrogen-bond donors (Lipinski definition) is 0. The fourth-order valence-electron chi connectivity index (χ4n) is 1.82.